The average molecular weight is 289 g/mol. The molecular weight excluding hydrogens is 270 g/mol. The fourth-order valence-electron chi connectivity index (χ4n) is 2.20. The summed E-state index contributed by atoms with van der Waals surface area (Å²) in [5, 5.41) is 10.6. The lowest BCUT2D eigenvalue weighted by molar-refractivity contribution is 0.217. The summed E-state index contributed by atoms with van der Waals surface area (Å²) in [4.78, 5) is 4.06. The highest BCUT2D eigenvalue weighted by Gasteiger charge is 2.19. The van der Waals surface area contributed by atoms with Crippen molar-refractivity contribution in [1.82, 2.24) is 4.98 Å². The number of methoxy groups -OCH3 is 3. The Morgan fingerprint density at radius 1 is 1.05 bits per heavy atom. The van der Waals surface area contributed by atoms with Crippen molar-refractivity contribution in [3.8, 4) is 17.2 Å². The van der Waals surface area contributed by atoms with E-state index in [-0.39, 0.29) is 0 Å². The first kappa shape index (κ1) is 15.1. The second-order valence-electron chi connectivity index (χ2n) is 4.59. The van der Waals surface area contributed by atoms with Crippen LogP contribution in [0.1, 0.15) is 22.8 Å². The predicted octanol–water partition coefficient (Wildman–Crippen LogP) is 2.50. The summed E-state index contributed by atoms with van der Waals surface area (Å²) in [6, 6.07) is 5.33. The highest BCUT2D eigenvalue weighted by Crippen LogP contribution is 2.40. The van der Waals surface area contributed by atoms with Crippen molar-refractivity contribution in [3.05, 3.63) is 47.3 Å². The molecule has 0 saturated carbocycles. The Morgan fingerprint density at radius 3 is 2.14 bits per heavy atom. The number of nitrogens with zero attached hydrogens (tertiary/aromatic N) is 1. The van der Waals surface area contributed by atoms with E-state index in [0.717, 1.165) is 11.1 Å². The number of ether oxygens (including phenoxy) is 3. The second kappa shape index (κ2) is 6.45. The second-order valence-corrected chi connectivity index (χ2v) is 4.59. The van der Waals surface area contributed by atoms with Crippen molar-refractivity contribution in [1.29, 1.82) is 0 Å². The van der Waals surface area contributed by atoms with Gasteiger partial charge in [0.1, 0.15) is 6.10 Å². The van der Waals surface area contributed by atoms with Crippen LogP contribution in [0.25, 0.3) is 0 Å². The Hall–Kier alpha value is -2.27. The van der Waals surface area contributed by atoms with Crippen molar-refractivity contribution in [2.45, 2.75) is 13.0 Å². The molecule has 0 saturated heterocycles. The number of hydrogen-bond donors (Lipinski definition) is 1. The molecule has 0 spiro atoms. The van der Waals surface area contributed by atoms with Gasteiger partial charge in [-0.2, -0.15) is 0 Å². The molecule has 5 heteroatoms. The topological polar surface area (TPSA) is 60.8 Å². The van der Waals surface area contributed by atoms with Gasteiger partial charge in [0, 0.05) is 18.0 Å². The molecule has 1 aromatic heterocycles. The summed E-state index contributed by atoms with van der Waals surface area (Å²) < 4.78 is 15.9. The molecule has 0 aliphatic rings. The fraction of sp³-hybridized carbons (Fsp3) is 0.312. The summed E-state index contributed by atoms with van der Waals surface area (Å²) in [6.45, 7) is 1.93. The molecule has 0 fully saturated rings. The lowest BCUT2D eigenvalue weighted by Gasteiger charge is -2.18. The third kappa shape index (κ3) is 2.92. The number of aliphatic hydroxyl groups excluding tert-OH is 1. The minimum Gasteiger partial charge on any atom is -0.493 e. The molecule has 5 nitrogen and oxygen atoms in total. The molecular formula is C16H19NO4. The van der Waals surface area contributed by atoms with Crippen LogP contribution in [0.15, 0.2) is 30.6 Å². The number of benzene rings is 1. The van der Waals surface area contributed by atoms with Gasteiger partial charge in [0.2, 0.25) is 5.75 Å². The largest absolute Gasteiger partial charge is 0.493 e. The molecule has 1 aromatic carbocycles. The van der Waals surface area contributed by atoms with Crippen LogP contribution in [0.2, 0.25) is 0 Å². The lowest BCUT2D eigenvalue weighted by Crippen LogP contribution is -2.04. The molecule has 112 valence electrons. The van der Waals surface area contributed by atoms with E-state index in [2.05, 4.69) is 4.98 Å². The van der Waals surface area contributed by atoms with Crippen LogP contribution < -0.4 is 14.2 Å². The Kier molecular flexibility index (Phi) is 4.65. The first-order valence-corrected chi connectivity index (χ1v) is 6.50. The number of rotatable bonds is 5. The van der Waals surface area contributed by atoms with E-state index >= 15 is 0 Å². The zero-order chi connectivity index (χ0) is 15.4. The molecule has 0 aliphatic heterocycles. The van der Waals surface area contributed by atoms with Crippen LogP contribution >= 0.6 is 0 Å². The van der Waals surface area contributed by atoms with Crippen LogP contribution in [-0.2, 0) is 0 Å². The van der Waals surface area contributed by atoms with Gasteiger partial charge in [-0.15, -0.1) is 0 Å². The Balaban J connectivity index is 2.51. The quantitative estimate of drug-likeness (QED) is 0.916. The Bertz CT molecular complexity index is 602. The van der Waals surface area contributed by atoms with Crippen LogP contribution in [0.4, 0.5) is 0 Å². The zero-order valence-electron chi connectivity index (χ0n) is 12.6. The van der Waals surface area contributed by atoms with Crippen LogP contribution in [0.3, 0.4) is 0 Å². The van der Waals surface area contributed by atoms with Crippen molar-refractivity contribution in [2.75, 3.05) is 21.3 Å². The summed E-state index contributed by atoms with van der Waals surface area (Å²) in [6.07, 6.45) is 2.54. The van der Waals surface area contributed by atoms with Gasteiger partial charge >= 0.3 is 0 Å². The van der Waals surface area contributed by atoms with E-state index in [4.69, 9.17) is 14.2 Å². The maximum atomic E-state index is 10.6. The molecule has 2 rings (SSSR count). The molecule has 2 aromatic rings. The van der Waals surface area contributed by atoms with E-state index < -0.39 is 6.10 Å². The van der Waals surface area contributed by atoms with Gasteiger partial charge < -0.3 is 19.3 Å². The molecule has 1 heterocycles. The van der Waals surface area contributed by atoms with Gasteiger partial charge in [-0.3, -0.25) is 4.98 Å². The van der Waals surface area contributed by atoms with E-state index in [0.29, 0.717) is 22.8 Å². The van der Waals surface area contributed by atoms with Gasteiger partial charge in [0.15, 0.2) is 11.5 Å². The number of pyridine rings is 1. The molecule has 0 bridgehead atoms. The van der Waals surface area contributed by atoms with E-state index in [9.17, 15) is 5.11 Å². The van der Waals surface area contributed by atoms with Gasteiger partial charge in [0.05, 0.1) is 21.3 Å². The summed E-state index contributed by atoms with van der Waals surface area (Å²) in [7, 11) is 4.63. The Morgan fingerprint density at radius 2 is 1.67 bits per heavy atom. The standard InChI is InChI=1S/C16H19NO4/c1-10-5-6-17-9-12(10)15(18)11-7-13(19-2)16(21-4)14(8-11)20-3/h5-9,15,18H,1-4H3. The minimum absolute atomic E-state index is 0.499. The molecule has 1 atom stereocenters. The number of hydrogen-bond acceptors (Lipinski definition) is 5. The van der Waals surface area contributed by atoms with Crippen molar-refractivity contribution >= 4 is 0 Å². The van der Waals surface area contributed by atoms with Gasteiger partial charge in [-0.1, -0.05) is 0 Å². The molecule has 1 unspecified atom stereocenters. The van der Waals surface area contributed by atoms with Gasteiger partial charge in [0.25, 0.3) is 0 Å². The van der Waals surface area contributed by atoms with Gasteiger partial charge in [-0.05, 0) is 36.2 Å². The van der Waals surface area contributed by atoms with Crippen molar-refractivity contribution in [3.63, 3.8) is 0 Å². The number of aliphatic hydroxyl groups is 1. The lowest BCUT2D eigenvalue weighted by atomic mass is 9.99. The summed E-state index contributed by atoms with van der Waals surface area (Å²) in [5.41, 5.74) is 2.36. The van der Waals surface area contributed by atoms with E-state index in [1.165, 1.54) is 0 Å². The highest BCUT2D eigenvalue weighted by atomic mass is 16.5. The monoisotopic (exact) mass is 289 g/mol. The van der Waals surface area contributed by atoms with Crippen LogP contribution in [0, 0.1) is 6.92 Å². The molecule has 21 heavy (non-hydrogen) atoms. The van der Waals surface area contributed by atoms with Crippen molar-refractivity contribution in [2.24, 2.45) is 0 Å². The maximum absolute atomic E-state index is 10.6. The normalized spacial score (nSPS) is 11.9. The average Bonchev–Trinajstić information content (AvgIpc) is 2.53. The third-order valence-corrected chi connectivity index (χ3v) is 3.38. The van der Waals surface area contributed by atoms with Gasteiger partial charge in [-0.25, -0.2) is 0 Å². The third-order valence-electron chi connectivity index (χ3n) is 3.38. The maximum Gasteiger partial charge on any atom is 0.203 e. The van der Waals surface area contributed by atoms with Crippen LogP contribution in [0.5, 0.6) is 17.2 Å². The summed E-state index contributed by atoms with van der Waals surface area (Å²) in [5.74, 6) is 1.51. The van der Waals surface area contributed by atoms with E-state index in [1.807, 2.05) is 13.0 Å². The van der Waals surface area contributed by atoms with Crippen LogP contribution in [-0.4, -0.2) is 31.4 Å². The molecule has 0 radical (unpaired) electrons. The zero-order valence-corrected chi connectivity index (χ0v) is 12.6. The van der Waals surface area contributed by atoms with Crippen molar-refractivity contribution < 1.29 is 19.3 Å². The predicted molar refractivity (Wildman–Crippen MR) is 79.1 cm³/mol. The first-order chi connectivity index (χ1) is 10.1. The highest BCUT2D eigenvalue weighted by molar-refractivity contribution is 5.55. The fourth-order valence-corrected chi connectivity index (χ4v) is 2.20. The molecule has 1 N–H and O–H groups in total. The molecule has 0 aliphatic carbocycles. The molecule has 0 amide bonds. The number of aromatic nitrogens is 1. The SMILES string of the molecule is COc1cc(C(O)c2cnccc2C)cc(OC)c1OC. The summed E-state index contributed by atoms with van der Waals surface area (Å²) >= 11 is 0. The minimum atomic E-state index is -0.813. The smallest absolute Gasteiger partial charge is 0.203 e. The van der Waals surface area contributed by atoms with E-state index in [1.54, 1.807) is 45.9 Å². The Labute approximate surface area is 124 Å². The first-order valence-electron chi connectivity index (χ1n) is 6.50. The number of aryl methyl sites for hydroxylation is 1.